The lowest BCUT2D eigenvalue weighted by molar-refractivity contribution is -0.150. The Kier molecular flexibility index (Phi) is 33.5. The predicted molar refractivity (Wildman–Crippen MR) is 193 cm³/mol. The Morgan fingerprint density at radius 1 is 0.543 bits per heavy atom. The monoisotopic (exact) mass is 653 g/mol. The van der Waals surface area contributed by atoms with Crippen LogP contribution in [-0.2, 0) is 19.1 Å². The molecule has 0 saturated carbocycles. The molecule has 4 N–H and O–H groups in total. The smallest absolute Gasteiger partial charge is 0.326 e. The summed E-state index contributed by atoms with van der Waals surface area (Å²) in [6, 6.07) is -0.850. The van der Waals surface area contributed by atoms with Crippen molar-refractivity contribution in [3.8, 4) is 0 Å². The third-order valence-electron chi connectivity index (χ3n) is 9.17. The Morgan fingerprint density at radius 2 is 0.935 bits per heavy atom. The maximum atomic E-state index is 12.7. The number of hydrogen-bond donors (Lipinski definition) is 3. The van der Waals surface area contributed by atoms with Crippen molar-refractivity contribution in [2.24, 2.45) is 5.73 Å². The van der Waals surface area contributed by atoms with Crippen molar-refractivity contribution in [2.75, 3.05) is 6.54 Å². The second kappa shape index (κ2) is 34.7. The Morgan fingerprint density at radius 3 is 1.35 bits per heavy atom. The van der Waals surface area contributed by atoms with Crippen LogP contribution in [0, 0.1) is 0 Å². The Labute approximate surface area is 284 Å². The van der Waals surface area contributed by atoms with E-state index < -0.39 is 12.0 Å². The normalized spacial score (nSPS) is 12.6. The maximum absolute atomic E-state index is 12.7. The second-order valence-electron chi connectivity index (χ2n) is 13.7. The van der Waals surface area contributed by atoms with Gasteiger partial charge in [-0.25, -0.2) is 4.79 Å². The molecule has 0 spiro atoms. The average Bonchev–Trinajstić information content (AvgIpc) is 3.03. The van der Waals surface area contributed by atoms with Gasteiger partial charge in [0.1, 0.15) is 12.1 Å². The molecule has 1 amide bonds. The minimum Gasteiger partial charge on any atom is -0.480 e. The van der Waals surface area contributed by atoms with E-state index in [2.05, 4.69) is 19.2 Å². The summed E-state index contributed by atoms with van der Waals surface area (Å²) in [6.07, 6.45) is 34.3. The average molecular weight is 653 g/mol. The number of aliphatic carboxylic acids is 1. The first-order valence-electron chi connectivity index (χ1n) is 19.9. The molecule has 0 saturated heterocycles. The molecule has 0 bridgehead atoms. The standard InChI is InChI=1S/C39H76N2O5/c1-3-5-7-9-11-12-13-14-15-16-18-23-27-33-38(43)46-35(29-24-20-17-10-8-6-4-2)30-25-21-19-22-26-32-37(42)41-36(39(44)45)31-28-34-40/h35-36H,3-34,40H2,1-2H3,(H,41,42)(H,44,45). The number of rotatable bonds is 36. The number of carbonyl (C=O) groups excluding carboxylic acids is 2. The van der Waals surface area contributed by atoms with Gasteiger partial charge in [0.25, 0.3) is 0 Å². The molecule has 0 aliphatic carbocycles. The van der Waals surface area contributed by atoms with E-state index in [4.69, 9.17) is 10.5 Å². The number of ether oxygens (including phenoxy) is 1. The summed E-state index contributed by atoms with van der Waals surface area (Å²) < 4.78 is 6.00. The van der Waals surface area contributed by atoms with Gasteiger partial charge in [0, 0.05) is 12.8 Å². The van der Waals surface area contributed by atoms with Gasteiger partial charge in [-0.2, -0.15) is 0 Å². The number of nitrogens with one attached hydrogen (secondary N) is 1. The highest BCUT2D eigenvalue weighted by Crippen LogP contribution is 2.19. The van der Waals surface area contributed by atoms with Gasteiger partial charge < -0.3 is 20.9 Å². The van der Waals surface area contributed by atoms with E-state index in [1.165, 1.54) is 109 Å². The van der Waals surface area contributed by atoms with Crippen molar-refractivity contribution in [3.63, 3.8) is 0 Å². The van der Waals surface area contributed by atoms with Gasteiger partial charge in [-0.05, 0) is 57.9 Å². The van der Waals surface area contributed by atoms with Crippen LogP contribution in [0.1, 0.15) is 213 Å². The molecule has 2 unspecified atom stereocenters. The van der Waals surface area contributed by atoms with Gasteiger partial charge in [0.2, 0.25) is 5.91 Å². The molecule has 272 valence electrons. The van der Waals surface area contributed by atoms with E-state index in [-0.39, 0.29) is 18.0 Å². The molecule has 0 aromatic carbocycles. The molecule has 0 aromatic rings. The summed E-state index contributed by atoms with van der Waals surface area (Å²) in [5.41, 5.74) is 5.47. The molecule has 0 rings (SSSR count). The van der Waals surface area contributed by atoms with Crippen molar-refractivity contribution < 1.29 is 24.2 Å². The Balaban J connectivity index is 4.17. The molecule has 46 heavy (non-hydrogen) atoms. The molecule has 2 atom stereocenters. The van der Waals surface area contributed by atoms with Crippen LogP contribution in [0.15, 0.2) is 0 Å². The van der Waals surface area contributed by atoms with Gasteiger partial charge in [-0.15, -0.1) is 0 Å². The maximum Gasteiger partial charge on any atom is 0.326 e. The summed E-state index contributed by atoms with van der Waals surface area (Å²) in [5.74, 6) is -1.22. The van der Waals surface area contributed by atoms with Crippen LogP contribution in [-0.4, -0.2) is 41.6 Å². The highest BCUT2D eigenvalue weighted by molar-refractivity contribution is 5.83. The van der Waals surface area contributed by atoms with E-state index in [0.29, 0.717) is 32.2 Å². The minimum absolute atomic E-state index is 0.0202. The molecule has 0 aliphatic rings. The number of hydrogen-bond acceptors (Lipinski definition) is 5. The number of esters is 1. The van der Waals surface area contributed by atoms with Crippen molar-refractivity contribution in [3.05, 3.63) is 0 Å². The van der Waals surface area contributed by atoms with Crippen LogP contribution in [0.5, 0.6) is 0 Å². The molecule has 7 nitrogen and oxygen atoms in total. The number of carbonyl (C=O) groups is 3. The van der Waals surface area contributed by atoms with E-state index in [1.54, 1.807) is 0 Å². The molecule has 0 fully saturated rings. The molecule has 0 aliphatic heterocycles. The van der Waals surface area contributed by atoms with Crippen molar-refractivity contribution in [2.45, 2.75) is 225 Å². The van der Waals surface area contributed by atoms with Crippen LogP contribution < -0.4 is 11.1 Å². The zero-order valence-electron chi connectivity index (χ0n) is 30.4. The highest BCUT2D eigenvalue weighted by Gasteiger charge is 2.19. The third kappa shape index (κ3) is 31.0. The first kappa shape index (κ1) is 44.4. The largest absolute Gasteiger partial charge is 0.480 e. The first-order chi connectivity index (χ1) is 22.4. The van der Waals surface area contributed by atoms with Crippen LogP contribution in [0.2, 0.25) is 0 Å². The number of carboxylic acids is 1. The van der Waals surface area contributed by atoms with Crippen LogP contribution in [0.3, 0.4) is 0 Å². The zero-order chi connectivity index (χ0) is 33.9. The van der Waals surface area contributed by atoms with Crippen LogP contribution >= 0.6 is 0 Å². The Bertz CT molecular complexity index is 702. The molecule has 7 heteroatoms. The summed E-state index contributed by atoms with van der Waals surface area (Å²) in [7, 11) is 0. The van der Waals surface area contributed by atoms with Crippen molar-refractivity contribution in [1.82, 2.24) is 5.32 Å². The van der Waals surface area contributed by atoms with Gasteiger partial charge in [-0.1, -0.05) is 149 Å². The lowest BCUT2D eigenvalue weighted by Crippen LogP contribution is -2.40. The fourth-order valence-electron chi connectivity index (χ4n) is 6.16. The fourth-order valence-corrected chi connectivity index (χ4v) is 6.16. The highest BCUT2D eigenvalue weighted by atomic mass is 16.5. The van der Waals surface area contributed by atoms with E-state index in [0.717, 1.165) is 64.2 Å². The van der Waals surface area contributed by atoms with Crippen molar-refractivity contribution >= 4 is 17.8 Å². The zero-order valence-corrected chi connectivity index (χ0v) is 30.4. The quantitative estimate of drug-likeness (QED) is 0.0458. The predicted octanol–water partition coefficient (Wildman–Crippen LogP) is 10.6. The van der Waals surface area contributed by atoms with Gasteiger partial charge in [-0.3, -0.25) is 9.59 Å². The van der Waals surface area contributed by atoms with Crippen molar-refractivity contribution in [1.29, 1.82) is 0 Å². The number of nitrogens with two attached hydrogens (primary N) is 1. The number of carboxylic acid groups (broad SMARTS) is 1. The molecule has 0 heterocycles. The summed E-state index contributed by atoms with van der Waals surface area (Å²) in [6.45, 7) is 4.93. The first-order valence-corrected chi connectivity index (χ1v) is 19.9. The SMILES string of the molecule is CCCCCCCCCCCCCCCC(=O)OC(CCCCCCCCC)CCCCCCCC(=O)NC(CCCN)C(=O)O. The summed E-state index contributed by atoms with van der Waals surface area (Å²) >= 11 is 0. The lowest BCUT2D eigenvalue weighted by Gasteiger charge is -2.18. The minimum atomic E-state index is -1.00. The molecular formula is C39H76N2O5. The third-order valence-corrected chi connectivity index (χ3v) is 9.17. The second-order valence-corrected chi connectivity index (χ2v) is 13.7. The van der Waals surface area contributed by atoms with Crippen LogP contribution in [0.25, 0.3) is 0 Å². The Hall–Kier alpha value is -1.63. The topological polar surface area (TPSA) is 119 Å². The number of amides is 1. The van der Waals surface area contributed by atoms with Crippen LogP contribution in [0.4, 0.5) is 0 Å². The summed E-state index contributed by atoms with van der Waals surface area (Å²) in [4.78, 5) is 36.1. The van der Waals surface area contributed by atoms with Gasteiger partial charge in [0.15, 0.2) is 0 Å². The number of unbranched alkanes of at least 4 members (excludes halogenated alkanes) is 22. The van der Waals surface area contributed by atoms with E-state index in [9.17, 15) is 19.5 Å². The molecule has 0 aromatic heterocycles. The summed E-state index contributed by atoms with van der Waals surface area (Å²) in [5, 5.41) is 11.9. The van der Waals surface area contributed by atoms with E-state index in [1.807, 2.05) is 0 Å². The fraction of sp³-hybridized carbons (Fsp3) is 0.923. The van der Waals surface area contributed by atoms with Gasteiger partial charge >= 0.3 is 11.9 Å². The van der Waals surface area contributed by atoms with Gasteiger partial charge in [0.05, 0.1) is 0 Å². The van der Waals surface area contributed by atoms with E-state index >= 15 is 0 Å². The molecular weight excluding hydrogens is 576 g/mol. The lowest BCUT2D eigenvalue weighted by atomic mass is 10.0. The molecule has 0 radical (unpaired) electrons.